The fourth-order valence-electron chi connectivity index (χ4n) is 5.23. The molecule has 7 nitrogen and oxygen atoms in total. The lowest BCUT2D eigenvalue weighted by Gasteiger charge is -2.34. The molecule has 1 fully saturated rings. The van der Waals surface area contributed by atoms with E-state index in [9.17, 15) is 31.2 Å². The predicted octanol–water partition coefficient (Wildman–Crippen LogP) is 7.73. The summed E-state index contributed by atoms with van der Waals surface area (Å²) < 4.78 is 69.7. The number of carbonyl (C=O) groups excluding carboxylic acids is 2. The molecule has 1 aliphatic carbocycles. The van der Waals surface area contributed by atoms with Crippen molar-refractivity contribution in [1.82, 2.24) is 10.2 Å². The fourth-order valence-corrected chi connectivity index (χ4v) is 7.27. The van der Waals surface area contributed by atoms with E-state index < -0.39 is 51.9 Å². The van der Waals surface area contributed by atoms with Crippen molar-refractivity contribution in [3.05, 3.63) is 92.9 Å². The first-order valence-corrected chi connectivity index (χ1v) is 16.8. The number of hydrogen-bond donors (Lipinski definition) is 1. The van der Waals surface area contributed by atoms with Gasteiger partial charge in [-0.05, 0) is 67.3 Å². The van der Waals surface area contributed by atoms with Gasteiger partial charge in [-0.1, -0.05) is 78.8 Å². The van der Waals surface area contributed by atoms with E-state index in [-0.39, 0.29) is 39.0 Å². The summed E-state index contributed by atoms with van der Waals surface area (Å²) in [6.07, 6.45) is -1.16. The van der Waals surface area contributed by atoms with Crippen molar-refractivity contribution >= 4 is 62.3 Å². The molecule has 1 N–H and O–H groups in total. The number of amides is 2. The van der Waals surface area contributed by atoms with Gasteiger partial charge in [0.2, 0.25) is 11.8 Å². The Kier molecular flexibility index (Phi) is 11.3. The number of anilines is 1. The van der Waals surface area contributed by atoms with Crippen LogP contribution in [0.2, 0.25) is 15.1 Å². The number of hydrogen-bond acceptors (Lipinski definition) is 4. The van der Waals surface area contributed by atoms with Crippen molar-refractivity contribution < 1.29 is 31.2 Å². The zero-order chi connectivity index (χ0) is 32.9. The van der Waals surface area contributed by atoms with Gasteiger partial charge in [0.15, 0.2) is 0 Å². The average molecular weight is 705 g/mol. The lowest BCUT2D eigenvalue weighted by atomic mass is 10.1. The summed E-state index contributed by atoms with van der Waals surface area (Å²) >= 11 is 18.6. The zero-order valence-electron chi connectivity index (χ0n) is 24.2. The van der Waals surface area contributed by atoms with Crippen LogP contribution >= 0.6 is 34.8 Å². The Morgan fingerprint density at radius 2 is 1.58 bits per heavy atom. The van der Waals surface area contributed by atoms with E-state index in [0.717, 1.165) is 37.8 Å². The molecular formula is C31H31Cl3F3N3O4S. The first kappa shape index (κ1) is 34.9. The van der Waals surface area contributed by atoms with Gasteiger partial charge in [-0.2, -0.15) is 13.2 Å². The molecule has 0 spiro atoms. The predicted molar refractivity (Wildman–Crippen MR) is 169 cm³/mol. The smallest absolute Gasteiger partial charge is 0.352 e. The Morgan fingerprint density at radius 1 is 0.933 bits per heavy atom. The number of nitrogens with one attached hydrogen (secondary N) is 1. The molecule has 1 atom stereocenters. The summed E-state index contributed by atoms with van der Waals surface area (Å²) in [5, 5.41) is 3.14. The molecule has 1 aliphatic rings. The van der Waals surface area contributed by atoms with E-state index in [1.807, 2.05) is 0 Å². The van der Waals surface area contributed by atoms with Gasteiger partial charge in [-0.25, -0.2) is 8.42 Å². The van der Waals surface area contributed by atoms with Crippen LogP contribution in [0.25, 0.3) is 0 Å². The molecule has 0 saturated heterocycles. The van der Waals surface area contributed by atoms with Crippen LogP contribution in [0.15, 0.2) is 71.6 Å². The second-order valence-corrected chi connectivity index (χ2v) is 13.8. The molecule has 0 aliphatic heterocycles. The fraction of sp³-hybridized carbons (Fsp3) is 0.355. The molecule has 1 saturated carbocycles. The summed E-state index contributed by atoms with van der Waals surface area (Å²) in [6, 6.07) is 12.8. The highest BCUT2D eigenvalue weighted by molar-refractivity contribution is 7.92. The maximum absolute atomic E-state index is 14.2. The number of rotatable bonds is 11. The molecule has 2 amide bonds. The SMILES string of the molecule is CCC(C(=O)NC1CCCC1)N(Cc1ccc(Cl)c(Cl)c1)C(=O)CN(c1cc(C(F)(F)F)ccc1Cl)S(=O)(=O)c1ccccc1. The van der Waals surface area contributed by atoms with Gasteiger partial charge in [0.1, 0.15) is 12.6 Å². The van der Waals surface area contributed by atoms with Crippen molar-refractivity contribution in [2.45, 2.75) is 68.7 Å². The monoisotopic (exact) mass is 703 g/mol. The molecule has 4 rings (SSSR count). The third-order valence-corrected chi connectivity index (χ3v) is 10.4. The van der Waals surface area contributed by atoms with Crippen LogP contribution in [0.4, 0.5) is 18.9 Å². The van der Waals surface area contributed by atoms with Gasteiger partial charge in [-0.3, -0.25) is 13.9 Å². The maximum atomic E-state index is 14.2. The van der Waals surface area contributed by atoms with E-state index in [2.05, 4.69) is 5.32 Å². The third kappa shape index (κ3) is 8.44. The number of carbonyl (C=O) groups is 2. The highest BCUT2D eigenvalue weighted by Crippen LogP contribution is 2.37. The van der Waals surface area contributed by atoms with Crippen molar-refractivity contribution in [3.63, 3.8) is 0 Å². The number of benzene rings is 3. The van der Waals surface area contributed by atoms with E-state index in [4.69, 9.17) is 34.8 Å². The summed E-state index contributed by atoms with van der Waals surface area (Å²) in [4.78, 5) is 28.7. The van der Waals surface area contributed by atoms with Crippen LogP contribution in [0.3, 0.4) is 0 Å². The highest BCUT2D eigenvalue weighted by atomic mass is 35.5. The topological polar surface area (TPSA) is 86.8 Å². The van der Waals surface area contributed by atoms with Gasteiger partial charge >= 0.3 is 6.18 Å². The lowest BCUT2D eigenvalue weighted by molar-refractivity contribution is -0.140. The molecule has 0 radical (unpaired) electrons. The third-order valence-electron chi connectivity index (χ3n) is 7.58. The van der Waals surface area contributed by atoms with Crippen molar-refractivity contribution in [2.24, 2.45) is 0 Å². The Balaban J connectivity index is 1.79. The van der Waals surface area contributed by atoms with E-state index in [0.29, 0.717) is 15.9 Å². The van der Waals surface area contributed by atoms with Crippen LogP contribution in [0, 0.1) is 0 Å². The minimum absolute atomic E-state index is 0.0626. The molecule has 1 unspecified atom stereocenters. The first-order valence-electron chi connectivity index (χ1n) is 14.2. The zero-order valence-corrected chi connectivity index (χ0v) is 27.2. The number of alkyl halides is 3. The van der Waals surface area contributed by atoms with Crippen LogP contribution < -0.4 is 9.62 Å². The quantitative estimate of drug-likeness (QED) is 0.222. The summed E-state index contributed by atoms with van der Waals surface area (Å²) in [7, 11) is -4.63. The Morgan fingerprint density at radius 3 is 2.18 bits per heavy atom. The highest BCUT2D eigenvalue weighted by Gasteiger charge is 2.37. The van der Waals surface area contributed by atoms with Crippen LogP contribution in [0.1, 0.15) is 50.2 Å². The van der Waals surface area contributed by atoms with E-state index in [1.54, 1.807) is 19.1 Å². The average Bonchev–Trinajstić information content (AvgIpc) is 3.50. The molecule has 45 heavy (non-hydrogen) atoms. The summed E-state index contributed by atoms with van der Waals surface area (Å²) in [6.45, 7) is 0.588. The lowest BCUT2D eigenvalue weighted by Crippen LogP contribution is -2.53. The van der Waals surface area contributed by atoms with Gasteiger partial charge in [0, 0.05) is 12.6 Å². The molecule has 3 aromatic rings. The first-order chi connectivity index (χ1) is 21.2. The van der Waals surface area contributed by atoms with Gasteiger partial charge < -0.3 is 10.2 Å². The van der Waals surface area contributed by atoms with Crippen LogP contribution in [-0.4, -0.2) is 43.8 Å². The van der Waals surface area contributed by atoms with Crippen LogP contribution in [0.5, 0.6) is 0 Å². The molecule has 14 heteroatoms. The van der Waals surface area contributed by atoms with Crippen LogP contribution in [-0.2, 0) is 32.3 Å². The normalized spacial score (nSPS) is 14.6. The second-order valence-electron chi connectivity index (χ2n) is 10.7. The second kappa shape index (κ2) is 14.6. The Hall–Kier alpha value is -2.99. The number of nitrogens with zero attached hydrogens (tertiary/aromatic N) is 2. The van der Waals surface area contributed by atoms with E-state index >= 15 is 0 Å². The molecule has 0 bridgehead atoms. The van der Waals surface area contributed by atoms with Gasteiger partial charge in [0.25, 0.3) is 10.0 Å². The summed E-state index contributed by atoms with van der Waals surface area (Å²) in [5.41, 5.74) is -1.20. The minimum atomic E-state index is -4.82. The minimum Gasteiger partial charge on any atom is -0.352 e. The summed E-state index contributed by atoms with van der Waals surface area (Å²) in [5.74, 6) is -1.27. The van der Waals surface area contributed by atoms with E-state index in [1.165, 1.54) is 41.3 Å². The molecule has 0 heterocycles. The number of sulfonamides is 1. The molecular weight excluding hydrogens is 674 g/mol. The number of halogens is 6. The maximum Gasteiger partial charge on any atom is 0.416 e. The molecule has 3 aromatic carbocycles. The standard InChI is InChI=1S/C31H31Cl3F3N3O4S/c1-2-27(30(42)38-22-8-6-7-9-22)39(18-20-12-14-24(32)26(34)16-20)29(41)19-40(45(43,44)23-10-4-3-5-11-23)28-17-21(31(35,36)37)13-15-25(28)33/h3-5,10-17,22,27H,2,6-9,18-19H2,1H3,(H,38,42). The van der Waals surface area contributed by atoms with Gasteiger partial charge in [0.05, 0.1) is 31.2 Å². The van der Waals surface area contributed by atoms with Crippen molar-refractivity contribution in [2.75, 3.05) is 10.8 Å². The largest absolute Gasteiger partial charge is 0.416 e. The van der Waals surface area contributed by atoms with Crippen molar-refractivity contribution in [3.8, 4) is 0 Å². The van der Waals surface area contributed by atoms with Crippen molar-refractivity contribution in [1.29, 1.82) is 0 Å². The molecule has 242 valence electrons. The molecule has 0 aromatic heterocycles. The Bertz CT molecular complexity index is 1640. The van der Waals surface area contributed by atoms with Gasteiger partial charge in [-0.15, -0.1) is 0 Å². The Labute approximate surface area is 275 Å².